The first-order chi connectivity index (χ1) is 16.6. The minimum absolute atomic E-state index is 0.108. The molecule has 4 aromatic rings. The molecule has 0 N–H and O–H groups in total. The van der Waals surface area contributed by atoms with Gasteiger partial charge in [-0.2, -0.15) is 0 Å². The highest BCUT2D eigenvalue weighted by Crippen LogP contribution is 2.40. The second kappa shape index (κ2) is 10.2. The van der Waals surface area contributed by atoms with Crippen molar-refractivity contribution in [1.82, 2.24) is 9.88 Å². The van der Waals surface area contributed by atoms with Gasteiger partial charge in [0.05, 0.1) is 30.0 Å². The number of anilines is 1. The summed E-state index contributed by atoms with van der Waals surface area (Å²) in [5, 5.41) is 2.09. The maximum atomic E-state index is 13.9. The zero-order chi connectivity index (χ0) is 23.7. The molecule has 0 radical (unpaired) electrons. The summed E-state index contributed by atoms with van der Waals surface area (Å²) in [7, 11) is 1.64. The number of hydrogen-bond donors (Lipinski definition) is 0. The number of ether oxygens (including phenoxy) is 2. The summed E-state index contributed by atoms with van der Waals surface area (Å²) < 4.78 is 13.0. The van der Waals surface area contributed by atoms with Crippen LogP contribution in [0.4, 0.5) is 5.13 Å². The number of thiophene rings is 1. The number of carbonyl (C=O) groups excluding carboxylic acids is 1. The van der Waals surface area contributed by atoms with E-state index in [9.17, 15) is 4.79 Å². The maximum absolute atomic E-state index is 13.9. The van der Waals surface area contributed by atoms with Gasteiger partial charge >= 0.3 is 0 Å². The number of methoxy groups -OCH3 is 1. The van der Waals surface area contributed by atoms with Crippen molar-refractivity contribution in [2.24, 2.45) is 0 Å². The largest absolute Gasteiger partial charge is 0.494 e. The summed E-state index contributed by atoms with van der Waals surface area (Å²) >= 11 is 9.66. The molecule has 34 heavy (non-hydrogen) atoms. The Kier molecular flexibility index (Phi) is 7.04. The molecule has 0 aliphatic carbocycles. The average molecular weight is 516 g/mol. The predicted octanol–water partition coefficient (Wildman–Crippen LogP) is 5.85. The van der Waals surface area contributed by atoms with E-state index in [-0.39, 0.29) is 5.91 Å². The first kappa shape index (κ1) is 23.5. The lowest BCUT2D eigenvalue weighted by Crippen LogP contribution is -2.39. The molecular weight excluding hydrogens is 490 g/mol. The molecule has 5 rings (SSSR count). The fraction of sp³-hybridized carbons (Fsp3) is 0.360. The van der Waals surface area contributed by atoms with Crippen molar-refractivity contribution >= 4 is 65.6 Å². The molecule has 1 amide bonds. The summed E-state index contributed by atoms with van der Waals surface area (Å²) in [6.45, 7) is 6.88. The van der Waals surface area contributed by atoms with E-state index in [1.54, 1.807) is 12.0 Å². The van der Waals surface area contributed by atoms with Crippen LogP contribution in [-0.4, -0.2) is 62.3 Å². The molecule has 1 aliphatic heterocycles. The molecule has 9 heteroatoms. The van der Waals surface area contributed by atoms with E-state index in [0.717, 1.165) is 65.1 Å². The van der Waals surface area contributed by atoms with Crippen molar-refractivity contribution in [1.29, 1.82) is 0 Å². The van der Waals surface area contributed by atoms with Gasteiger partial charge in [0.2, 0.25) is 0 Å². The van der Waals surface area contributed by atoms with E-state index >= 15 is 0 Å². The third kappa shape index (κ3) is 4.53. The van der Waals surface area contributed by atoms with Gasteiger partial charge in [0.1, 0.15) is 16.1 Å². The van der Waals surface area contributed by atoms with Crippen LogP contribution in [0.25, 0.3) is 20.3 Å². The second-order valence-electron chi connectivity index (χ2n) is 8.26. The number of amides is 1. The quantitative estimate of drug-likeness (QED) is 0.309. The minimum Gasteiger partial charge on any atom is -0.494 e. The van der Waals surface area contributed by atoms with Crippen molar-refractivity contribution in [3.05, 3.63) is 51.9 Å². The highest BCUT2D eigenvalue weighted by molar-refractivity contribution is 7.23. The fourth-order valence-corrected chi connectivity index (χ4v) is 6.75. The Labute approximate surface area is 211 Å². The van der Waals surface area contributed by atoms with E-state index in [2.05, 4.69) is 11.8 Å². The molecule has 0 spiro atoms. The molecular formula is C25H26ClN3O3S2. The van der Waals surface area contributed by atoms with Gasteiger partial charge in [0.15, 0.2) is 5.13 Å². The van der Waals surface area contributed by atoms with Crippen molar-refractivity contribution in [3.8, 4) is 5.75 Å². The molecule has 0 bridgehead atoms. The molecule has 2 aromatic heterocycles. The number of carbonyl (C=O) groups is 1. The molecule has 0 atom stereocenters. The van der Waals surface area contributed by atoms with Gasteiger partial charge in [-0.3, -0.25) is 14.6 Å². The molecule has 6 nitrogen and oxygen atoms in total. The van der Waals surface area contributed by atoms with Crippen LogP contribution in [0.15, 0.2) is 36.4 Å². The molecule has 0 unspecified atom stereocenters. The van der Waals surface area contributed by atoms with Crippen LogP contribution in [0, 0.1) is 6.92 Å². The topological polar surface area (TPSA) is 54.9 Å². The Morgan fingerprint density at radius 1 is 1.21 bits per heavy atom. The van der Waals surface area contributed by atoms with Gasteiger partial charge in [0.25, 0.3) is 5.91 Å². The number of thiazole rings is 1. The van der Waals surface area contributed by atoms with Crippen LogP contribution in [-0.2, 0) is 4.74 Å². The summed E-state index contributed by atoms with van der Waals surface area (Å²) in [5.41, 5.74) is 1.90. The highest BCUT2D eigenvalue weighted by Gasteiger charge is 2.27. The number of fused-ring (bicyclic) bond motifs is 2. The van der Waals surface area contributed by atoms with E-state index in [1.165, 1.54) is 22.7 Å². The molecule has 3 heterocycles. The van der Waals surface area contributed by atoms with Crippen LogP contribution in [0.2, 0.25) is 5.02 Å². The van der Waals surface area contributed by atoms with E-state index < -0.39 is 0 Å². The van der Waals surface area contributed by atoms with Gasteiger partial charge in [-0.1, -0.05) is 47.2 Å². The van der Waals surface area contributed by atoms with Crippen LogP contribution in [0.5, 0.6) is 5.75 Å². The monoisotopic (exact) mass is 515 g/mol. The Morgan fingerprint density at radius 3 is 2.76 bits per heavy atom. The van der Waals surface area contributed by atoms with Gasteiger partial charge in [-0.25, -0.2) is 4.98 Å². The summed E-state index contributed by atoms with van der Waals surface area (Å²) in [6, 6.07) is 11.8. The van der Waals surface area contributed by atoms with Crippen molar-refractivity contribution in [2.75, 3.05) is 51.4 Å². The van der Waals surface area contributed by atoms with Crippen molar-refractivity contribution in [2.45, 2.75) is 13.3 Å². The molecule has 178 valence electrons. The molecule has 2 aromatic carbocycles. The first-order valence-corrected chi connectivity index (χ1v) is 13.3. The molecule has 0 saturated carbocycles. The Balaban J connectivity index is 1.50. The van der Waals surface area contributed by atoms with Crippen molar-refractivity contribution < 1.29 is 14.3 Å². The Hall–Kier alpha value is -2.23. The number of halogens is 1. The van der Waals surface area contributed by atoms with Gasteiger partial charge < -0.3 is 9.47 Å². The van der Waals surface area contributed by atoms with E-state index in [4.69, 9.17) is 26.1 Å². The van der Waals surface area contributed by atoms with Crippen LogP contribution >= 0.6 is 34.3 Å². The SMILES string of the molecule is COc1ccc(C)c2sc(N(CCCN3CCOCC3)C(=O)c3sc4ccccc4c3Cl)nc12. The third-order valence-corrected chi connectivity index (χ3v) is 8.95. The van der Waals surface area contributed by atoms with Crippen LogP contribution < -0.4 is 9.64 Å². The molecule has 1 aliphatic rings. The van der Waals surface area contributed by atoms with Gasteiger partial charge in [-0.15, -0.1) is 11.3 Å². The fourth-order valence-electron chi connectivity index (χ4n) is 4.21. The van der Waals surface area contributed by atoms with Crippen molar-refractivity contribution in [3.63, 3.8) is 0 Å². The number of morpholine rings is 1. The van der Waals surface area contributed by atoms with Crippen LogP contribution in [0.1, 0.15) is 21.7 Å². The number of benzene rings is 2. The van der Waals surface area contributed by atoms with E-state index in [1.807, 2.05) is 36.4 Å². The van der Waals surface area contributed by atoms with Crippen LogP contribution in [0.3, 0.4) is 0 Å². The number of aryl methyl sites for hydroxylation is 1. The number of nitrogens with zero attached hydrogens (tertiary/aromatic N) is 3. The normalized spacial score (nSPS) is 14.7. The number of hydrogen-bond acceptors (Lipinski definition) is 7. The van der Waals surface area contributed by atoms with Gasteiger partial charge in [0, 0.05) is 36.3 Å². The molecule has 1 saturated heterocycles. The standard InChI is InChI=1S/C25H26ClN3O3S2/c1-16-8-9-18(31-2)21-22(16)34-25(27-21)29(11-5-10-28-12-14-32-15-13-28)24(30)23-20(26)17-6-3-4-7-19(17)33-23/h3-4,6-9H,5,10-15H2,1-2H3. The smallest absolute Gasteiger partial charge is 0.271 e. The zero-order valence-corrected chi connectivity index (χ0v) is 21.6. The van der Waals surface area contributed by atoms with E-state index in [0.29, 0.717) is 27.3 Å². The highest BCUT2D eigenvalue weighted by atomic mass is 35.5. The Bertz CT molecular complexity index is 1330. The summed E-state index contributed by atoms with van der Waals surface area (Å²) in [5.74, 6) is 0.604. The average Bonchev–Trinajstić information content (AvgIpc) is 3.45. The summed E-state index contributed by atoms with van der Waals surface area (Å²) in [4.78, 5) is 23.5. The third-order valence-electron chi connectivity index (χ3n) is 6.08. The lowest BCUT2D eigenvalue weighted by molar-refractivity contribution is 0.0376. The maximum Gasteiger partial charge on any atom is 0.271 e. The Morgan fingerprint density at radius 2 is 2.00 bits per heavy atom. The summed E-state index contributed by atoms with van der Waals surface area (Å²) in [6.07, 6.45) is 0.834. The lowest BCUT2D eigenvalue weighted by Gasteiger charge is -2.27. The zero-order valence-electron chi connectivity index (χ0n) is 19.2. The first-order valence-electron chi connectivity index (χ1n) is 11.3. The molecule has 1 fully saturated rings. The second-order valence-corrected chi connectivity index (χ2v) is 10.7. The number of aromatic nitrogens is 1. The minimum atomic E-state index is -0.108. The number of rotatable bonds is 7. The predicted molar refractivity (Wildman–Crippen MR) is 141 cm³/mol. The lowest BCUT2D eigenvalue weighted by atomic mass is 10.2. The van der Waals surface area contributed by atoms with Gasteiger partial charge in [-0.05, 0) is 31.0 Å².